The molecule has 0 bridgehead atoms. The maximum absolute atomic E-state index is 12.7. The molecule has 10 heteroatoms. The molecular weight excluding hydrogens is 439 g/mol. The molecule has 2 rings (SSSR count). The van der Waals surface area contributed by atoms with Crippen LogP contribution in [-0.2, 0) is 19.1 Å². The van der Waals surface area contributed by atoms with E-state index in [9.17, 15) is 14.4 Å². The Kier molecular flexibility index (Phi) is 7.02. The standard InChI is InChI=1S/C19H24Cl2N2O5S/c1-17(2,28-12-9-7-6-8-10-12)15(25)22-13-11-23(14(13)24)19(20,16(26)27-5)18(3,4)29-21/h6-10,13H,11H2,1-5H3,(H,22,25). The lowest BCUT2D eigenvalue weighted by molar-refractivity contribution is -0.167. The average Bonchev–Trinajstić information content (AvgIpc) is 2.69. The summed E-state index contributed by atoms with van der Waals surface area (Å²) in [6.07, 6.45) is 0. The van der Waals surface area contributed by atoms with Gasteiger partial charge in [-0.25, -0.2) is 4.79 Å². The number of likely N-dealkylation sites (tertiary alicyclic amines) is 1. The van der Waals surface area contributed by atoms with Crippen molar-refractivity contribution < 1.29 is 23.9 Å². The highest BCUT2D eigenvalue weighted by molar-refractivity contribution is 8.22. The van der Waals surface area contributed by atoms with E-state index in [0.717, 1.165) is 15.9 Å². The second-order valence-electron chi connectivity index (χ2n) is 7.60. The number of hydrogen-bond donors (Lipinski definition) is 1. The zero-order valence-electron chi connectivity index (χ0n) is 16.8. The third-order valence-corrected chi connectivity index (χ3v) is 7.50. The second kappa shape index (κ2) is 8.62. The van der Waals surface area contributed by atoms with Crippen molar-refractivity contribution in [2.75, 3.05) is 13.7 Å². The van der Waals surface area contributed by atoms with Crippen LogP contribution in [0.3, 0.4) is 0 Å². The quantitative estimate of drug-likeness (QED) is 0.276. The van der Waals surface area contributed by atoms with Gasteiger partial charge in [0.05, 0.1) is 18.4 Å². The van der Waals surface area contributed by atoms with Crippen LogP contribution in [0, 0.1) is 0 Å². The summed E-state index contributed by atoms with van der Waals surface area (Å²) in [5, 5.41) is 2.65. The summed E-state index contributed by atoms with van der Waals surface area (Å²) >= 11 is 6.57. The molecule has 2 amide bonds. The van der Waals surface area contributed by atoms with E-state index in [4.69, 9.17) is 31.8 Å². The molecule has 2 atom stereocenters. The SMILES string of the molecule is COC(=O)C(Cl)(N1CC(NC(=O)C(C)(C)Oc2ccccc2)C1=O)C(C)(C)SCl. The van der Waals surface area contributed by atoms with E-state index in [1.54, 1.807) is 52.0 Å². The van der Waals surface area contributed by atoms with E-state index in [2.05, 4.69) is 5.32 Å². The van der Waals surface area contributed by atoms with E-state index in [1.165, 1.54) is 7.11 Å². The van der Waals surface area contributed by atoms with Crippen molar-refractivity contribution in [3.63, 3.8) is 0 Å². The van der Waals surface area contributed by atoms with Crippen molar-refractivity contribution >= 4 is 51.0 Å². The first-order valence-corrected chi connectivity index (χ1v) is 10.9. The minimum Gasteiger partial charge on any atom is -0.478 e. The summed E-state index contributed by atoms with van der Waals surface area (Å²) in [6.45, 7) is 6.49. The summed E-state index contributed by atoms with van der Waals surface area (Å²) < 4.78 is 9.48. The van der Waals surface area contributed by atoms with Gasteiger partial charge in [-0.1, -0.05) is 29.8 Å². The van der Waals surface area contributed by atoms with E-state index in [1.807, 2.05) is 6.07 Å². The number of amides is 2. The molecular formula is C19H24Cl2N2O5S. The topological polar surface area (TPSA) is 84.9 Å². The molecule has 1 aliphatic rings. The Balaban J connectivity index is 2.10. The molecule has 0 aromatic heterocycles. The lowest BCUT2D eigenvalue weighted by Crippen LogP contribution is -2.76. The summed E-state index contributed by atoms with van der Waals surface area (Å²) in [5.74, 6) is -1.25. The molecule has 0 saturated carbocycles. The molecule has 160 valence electrons. The van der Waals surface area contributed by atoms with Gasteiger partial charge in [-0.05, 0) is 61.5 Å². The molecule has 7 nitrogen and oxygen atoms in total. The largest absolute Gasteiger partial charge is 0.478 e. The predicted octanol–water partition coefficient (Wildman–Crippen LogP) is 2.94. The Morgan fingerprint density at radius 1 is 1.21 bits per heavy atom. The van der Waals surface area contributed by atoms with Gasteiger partial charge in [0.2, 0.25) is 10.9 Å². The molecule has 1 heterocycles. The van der Waals surface area contributed by atoms with Crippen LogP contribution in [0.1, 0.15) is 27.7 Å². The number of alkyl halides is 1. The zero-order valence-corrected chi connectivity index (χ0v) is 19.2. The Hall–Kier alpha value is -1.64. The number of esters is 1. The Bertz CT molecular complexity index is 790. The Labute approximate surface area is 183 Å². The number of carbonyl (C=O) groups excluding carboxylic acids is 3. The van der Waals surface area contributed by atoms with E-state index in [-0.39, 0.29) is 6.54 Å². The van der Waals surface area contributed by atoms with Crippen LogP contribution >= 0.6 is 33.3 Å². The first kappa shape index (κ1) is 23.6. The lowest BCUT2D eigenvalue weighted by Gasteiger charge is -2.51. The van der Waals surface area contributed by atoms with Gasteiger partial charge < -0.3 is 19.7 Å². The van der Waals surface area contributed by atoms with Gasteiger partial charge in [-0.3, -0.25) is 9.59 Å². The normalized spacial score (nSPS) is 19.1. The number of β-lactam (4-membered cyclic amide) rings is 1. The van der Waals surface area contributed by atoms with Gasteiger partial charge in [0.25, 0.3) is 5.91 Å². The van der Waals surface area contributed by atoms with Crippen LogP contribution in [0.4, 0.5) is 0 Å². The van der Waals surface area contributed by atoms with Crippen LogP contribution in [0.2, 0.25) is 0 Å². The van der Waals surface area contributed by atoms with Gasteiger partial charge in [-0.2, -0.15) is 0 Å². The van der Waals surface area contributed by atoms with Crippen LogP contribution < -0.4 is 10.1 Å². The lowest BCUT2D eigenvalue weighted by atomic mass is 9.94. The highest BCUT2D eigenvalue weighted by Gasteiger charge is 2.62. The van der Waals surface area contributed by atoms with Gasteiger partial charge in [0.1, 0.15) is 11.8 Å². The molecule has 1 aromatic rings. The zero-order chi connectivity index (χ0) is 22.0. The maximum Gasteiger partial charge on any atom is 0.349 e. The van der Waals surface area contributed by atoms with Crippen LogP contribution in [0.25, 0.3) is 0 Å². The van der Waals surface area contributed by atoms with Gasteiger partial charge >= 0.3 is 5.97 Å². The molecule has 2 unspecified atom stereocenters. The number of hydrogen-bond acceptors (Lipinski definition) is 6. The predicted molar refractivity (Wildman–Crippen MR) is 113 cm³/mol. The molecule has 1 aromatic carbocycles. The summed E-state index contributed by atoms with van der Waals surface area (Å²) in [4.78, 5) is 37.1. The van der Waals surface area contributed by atoms with Crippen LogP contribution in [0.15, 0.2) is 30.3 Å². The van der Waals surface area contributed by atoms with Gasteiger partial charge in [0.15, 0.2) is 5.60 Å². The third-order valence-electron chi connectivity index (χ3n) is 4.72. The number of halogens is 2. The molecule has 1 fully saturated rings. The number of rotatable bonds is 8. The van der Waals surface area contributed by atoms with E-state index < -0.39 is 39.2 Å². The van der Waals surface area contributed by atoms with Crippen molar-refractivity contribution in [1.29, 1.82) is 0 Å². The molecule has 0 spiro atoms. The van der Waals surface area contributed by atoms with Crippen molar-refractivity contribution in [2.45, 2.75) is 49.1 Å². The fourth-order valence-electron chi connectivity index (χ4n) is 2.84. The third kappa shape index (κ3) is 4.44. The first-order valence-electron chi connectivity index (χ1n) is 8.84. The van der Waals surface area contributed by atoms with Crippen molar-refractivity contribution in [3.05, 3.63) is 30.3 Å². The fourth-order valence-corrected chi connectivity index (χ4v) is 3.93. The number of para-hydroxylation sites is 1. The minimum absolute atomic E-state index is 0.0332. The molecule has 0 aliphatic carbocycles. The second-order valence-corrected chi connectivity index (χ2v) is 9.79. The maximum atomic E-state index is 12.7. The number of methoxy groups -OCH3 is 1. The van der Waals surface area contributed by atoms with Gasteiger partial charge in [0, 0.05) is 0 Å². The monoisotopic (exact) mass is 462 g/mol. The van der Waals surface area contributed by atoms with Crippen LogP contribution in [-0.4, -0.2) is 57.7 Å². The average molecular weight is 463 g/mol. The molecule has 0 radical (unpaired) electrons. The van der Waals surface area contributed by atoms with E-state index in [0.29, 0.717) is 5.75 Å². The minimum atomic E-state index is -1.82. The molecule has 1 N–H and O–H groups in total. The number of nitrogens with one attached hydrogen (secondary N) is 1. The van der Waals surface area contributed by atoms with Gasteiger partial charge in [-0.15, -0.1) is 0 Å². The number of benzene rings is 1. The smallest absolute Gasteiger partial charge is 0.349 e. The molecule has 1 saturated heterocycles. The first-order chi connectivity index (χ1) is 13.4. The highest BCUT2D eigenvalue weighted by atomic mass is 35.7. The van der Waals surface area contributed by atoms with Crippen LogP contribution in [0.5, 0.6) is 5.75 Å². The number of nitrogens with zero attached hydrogens (tertiary/aromatic N) is 1. The molecule has 1 aliphatic heterocycles. The Morgan fingerprint density at radius 3 is 2.28 bits per heavy atom. The summed E-state index contributed by atoms with van der Waals surface area (Å²) in [7, 11) is 7.91. The fraction of sp³-hybridized carbons (Fsp3) is 0.526. The van der Waals surface area contributed by atoms with Crippen molar-refractivity contribution in [1.82, 2.24) is 10.2 Å². The molecule has 29 heavy (non-hydrogen) atoms. The number of carbonyl (C=O) groups is 3. The highest BCUT2D eigenvalue weighted by Crippen LogP contribution is 2.47. The summed E-state index contributed by atoms with van der Waals surface area (Å²) in [5.41, 5.74) is -1.21. The summed E-state index contributed by atoms with van der Waals surface area (Å²) in [6, 6.07) is 8.05. The van der Waals surface area contributed by atoms with Crippen molar-refractivity contribution in [3.8, 4) is 5.75 Å². The number of ether oxygens (including phenoxy) is 2. The van der Waals surface area contributed by atoms with E-state index >= 15 is 0 Å². The van der Waals surface area contributed by atoms with Crippen molar-refractivity contribution in [2.24, 2.45) is 0 Å². The Morgan fingerprint density at radius 2 is 1.79 bits per heavy atom.